The van der Waals surface area contributed by atoms with Crippen LogP contribution in [0, 0.1) is 0 Å². The fraction of sp³-hybridized carbons (Fsp3) is 0.200. The van der Waals surface area contributed by atoms with Crippen LogP contribution in [-0.4, -0.2) is 6.36 Å². The number of halogens is 8. The molecule has 0 saturated carbocycles. The lowest BCUT2D eigenvalue weighted by Gasteiger charge is -2.16. The maximum absolute atomic E-state index is 12.9. The third-order valence-electron chi connectivity index (χ3n) is 3.13. The number of benzene rings is 2. The Labute approximate surface area is 149 Å². The third-order valence-corrected chi connectivity index (χ3v) is 3.46. The first-order valence-corrected chi connectivity index (χ1v) is 6.83. The molecule has 0 aliphatic carbocycles. The molecule has 25 heavy (non-hydrogen) atoms. The zero-order chi connectivity index (χ0) is 18.1. The Morgan fingerprint density at radius 3 is 1.88 bits per heavy atom. The lowest BCUT2D eigenvalue weighted by Crippen LogP contribution is -2.17. The molecule has 0 spiro atoms. The molecule has 0 saturated heterocycles. The Hall–Kier alpha value is -1.64. The van der Waals surface area contributed by atoms with Gasteiger partial charge in [-0.05, 0) is 35.4 Å². The Morgan fingerprint density at radius 2 is 1.40 bits per heavy atom. The van der Waals surface area contributed by atoms with Crippen molar-refractivity contribution in [2.24, 2.45) is 5.73 Å². The highest BCUT2D eigenvalue weighted by atomic mass is 35.5. The number of ether oxygens (including phenoxy) is 1. The lowest BCUT2D eigenvalue weighted by atomic mass is 9.97. The van der Waals surface area contributed by atoms with E-state index in [2.05, 4.69) is 4.74 Å². The molecule has 2 aromatic carbocycles. The highest BCUT2D eigenvalue weighted by Crippen LogP contribution is 2.36. The number of rotatable bonds is 3. The molecule has 0 unspecified atom stereocenters. The van der Waals surface area contributed by atoms with Gasteiger partial charge in [0.1, 0.15) is 5.75 Å². The van der Waals surface area contributed by atoms with E-state index in [1.165, 1.54) is 18.2 Å². The van der Waals surface area contributed by atoms with Crippen molar-refractivity contribution in [1.29, 1.82) is 0 Å². The Balaban J connectivity index is 0.00000312. The molecule has 0 aliphatic rings. The first-order valence-electron chi connectivity index (χ1n) is 6.45. The van der Waals surface area contributed by atoms with Gasteiger partial charge in [0.25, 0.3) is 0 Å². The van der Waals surface area contributed by atoms with E-state index < -0.39 is 34.9 Å². The third kappa shape index (κ3) is 5.69. The van der Waals surface area contributed by atoms with Crippen LogP contribution in [0.3, 0.4) is 0 Å². The molecule has 1 atom stereocenters. The summed E-state index contributed by atoms with van der Waals surface area (Å²) in [5, 5.41) is -0.465. The molecule has 2 N–H and O–H groups in total. The first kappa shape index (κ1) is 21.4. The molecule has 0 amide bonds. The van der Waals surface area contributed by atoms with E-state index in [0.29, 0.717) is 5.56 Å². The van der Waals surface area contributed by atoms with E-state index in [1.54, 1.807) is 0 Å². The molecule has 0 aliphatic heterocycles. The minimum atomic E-state index is -4.83. The van der Waals surface area contributed by atoms with E-state index in [0.717, 1.165) is 24.3 Å². The first-order chi connectivity index (χ1) is 11.0. The van der Waals surface area contributed by atoms with Crippen LogP contribution in [0.1, 0.15) is 22.7 Å². The van der Waals surface area contributed by atoms with Crippen molar-refractivity contribution < 1.29 is 31.1 Å². The van der Waals surface area contributed by atoms with Crippen molar-refractivity contribution in [3.8, 4) is 5.75 Å². The summed E-state index contributed by atoms with van der Waals surface area (Å²) in [5.74, 6) is -0.453. The highest BCUT2D eigenvalue weighted by molar-refractivity contribution is 6.31. The molecule has 10 heteroatoms. The normalized spacial score (nSPS) is 13.1. The van der Waals surface area contributed by atoms with Gasteiger partial charge in [0.15, 0.2) is 0 Å². The van der Waals surface area contributed by atoms with Crippen molar-refractivity contribution in [1.82, 2.24) is 0 Å². The van der Waals surface area contributed by atoms with Crippen LogP contribution in [0.4, 0.5) is 26.3 Å². The fourth-order valence-electron chi connectivity index (χ4n) is 2.02. The summed E-state index contributed by atoms with van der Waals surface area (Å²) in [4.78, 5) is 0. The van der Waals surface area contributed by atoms with Gasteiger partial charge in [-0.1, -0.05) is 29.8 Å². The van der Waals surface area contributed by atoms with Gasteiger partial charge >= 0.3 is 12.5 Å². The van der Waals surface area contributed by atoms with Crippen LogP contribution in [-0.2, 0) is 6.18 Å². The Bertz CT molecular complexity index is 715. The maximum Gasteiger partial charge on any atom is 0.573 e. The van der Waals surface area contributed by atoms with Gasteiger partial charge in [-0.2, -0.15) is 13.2 Å². The average molecular weight is 406 g/mol. The molecule has 138 valence electrons. The zero-order valence-corrected chi connectivity index (χ0v) is 13.7. The predicted octanol–water partition coefficient (Wildman–Crippen LogP) is 5.73. The Morgan fingerprint density at radius 1 is 0.880 bits per heavy atom. The van der Waals surface area contributed by atoms with E-state index >= 15 is 0 Å². The van der Waals surface area contributed by atoms with E-state index in [1.807, 2.05) is 0 Å². The second-order valence-electron chi connectivity index (χ2n) is 4.83. The molecule has 0 fully saturated rings. The summed E-state index contributed by atoms with van der Waals surface area (Å²) in [6.07, 6.45) is -9.47. The van der Waals surface area contributed by atoms with Crippen molar-refractivity contribution in [3.05, 3.63) is 64.2 Å². The predicted molar refractivity (Wildman–Crippen MR) is 82.9 cm³/mol. The second kappa shape index (κ2) is 7.72. The number of hydrogen-bond acceptors (Lipinski definition) is 2. The molecule has 2 rings (SSSR count). The van der Waals surface area contributed by atoms with Crippen molar-refractivity contribution in [2.45, 2.75) is 18.6 Å². The smallest absolute Gasteiger partial charge is 0.406 e. The molecule has 0 bridgehead atoms. The number of hydrogen-bond donors (Lipinski definition) is 1. The van der Waals surface area contributed by atoms with E-state index in [4.69, 9.17) is 17.3 Å². The highest BCUT2D eigenvalue weighted by Gasteiger charge is 2.34. The zero-order valence-electron chi connectivity index (χ0n) is 12.2. The van der Waals surface area contributed by atoms with E-state index in [-0.39, 0.29) is 18.0 Å². The molecule has 0 aromatic heterocycles. The van der Waals surface area contributed by atoms with Crippen molar-refractivity contribution >= 4 is 24.0 Å². The van der Waals surface area contributed by atoms with Gasteiger partial charge in [-0.25, -0.2) is 0 Å². The average Bonchev–Trinajstić information content (AvgIpc) is 2.45. The van der Waals surface area contributed by atoms with Gasteiger partial charge in [0, 0.05) is 0 Å². The Kier molecular flexibility index (Phi) is 6.61. The standard InChI is InChI=1S/C15H10ClF6NO.ClH/c16-12-6-3-9(7-11(12)14(17,18)19)13(23)8-1-4-10(5-2-8)24-15(20,21)22;/h1-7,13H,23H2;1H/t13-;/m1./s1. The topological polar surface area (TPSA) is 35.2 Å². The van der Waals surface area contributed by atoms with Gasteiger partial charge < -0.3 is 10.5 Å². The van der Waals surface area contributed by atoms with Crippen LogP contribution in [0.2, 0.25) is 5.02 Å². The van der Waals surface area contributed by atoms with Gasteiger partial charge in [0.2, 0.25) is 0 Å². The summed E-state index contributed by atoms with van der Waals surface area (Å²) in [5.41, 5.74) is 5.29. The molecular weight excluding hydrogens is 395 g/mol. The van der Waals surface area contributed by atoms with Gasteiger partial charge in [0.05, 0.1) is 16.6 Å². The summed E-state index contributed by atoms with van der Waals surface area (Å²) in [6, 6.07) is 6.78. The fourth-order valence-corrected chi connectivity index (χ4v) is 2.25. The monoisotopic (exact) mass is 405 g/mol. The van der Waals surface area contributed by atoms with Crippen LogP contribution >= 0.6 is 24.0 Å². The molecule has 2 aromatic rings. The maximum atomic E-state index is 12.9. The molecule has 2 nitrogen and oxygen atoms in total. The van der Waals surface area contributed by atoms with Gasteiger partial charge in [-0.3, -0.25) is 0 Å². The lowest BCUT2D eigenvalue weighted by molar-refractivity contribution is -0.274. The second-order valence-corrected chi connectivity index (χ2v) is 5.24. The van der Waals surface area contributed by atoms with Crippen molar-refractivity contribution in [2.75, 3.05) is 0 Å². The summed E-state index contributed by atoms with van der Waals surface area (Å²) >= 11 is 5.53. The minimum absolute atomic E-state index is 0. The van der Waals surface area contributed by atoms with E-state index in [9.17, 15) is 26.3 Å². The van der Waals surface area contributed by atoms with Gasteiger partial charge in [-0.15, -0.1) is 25.6 Å². The SMILES string of the molecule is Cl.N[C@H](c1ccc(OC(F)(F)F)cc1)c1ccc(Cl)c(C(F)(F)F)c1. The summed E-state index contributed by atoms with van der Waals surface area (Å²) < 4.78 is 78.6. The van der Waals surface area contributed by atoms with Crippen molar-refractivity contribution in [3.63, 3.8) is 0 Å². The summed E-state index contributed by atoms with van der Waals surface area (Å²) in [7, 11) is 0. The van der Waals surface area contributed by atoms with Crippen LogP contribution in [0.5, 0.6) is 5.75 Å². The quantitative estimate of drug-likeness (QED) is 0.662. The van der Waals surface area contributed by atoms with Crippen LogP contribution < -0.4 is 10.5 Å². The van der Waals surface area contributed by atoms with Crippen LogP contribution in [0.15, 0.2) is 42.5 Å². The molecule has 0 heterocycles. The molecule has 0 radical (unpaired) electrons. The largest absolute Gasteiger partial charge is 0.573 e. The number of alkyl halides is 6. The van der Waals surface area contributed by atoms with Crippen LogP contribution in [0.25, 0.3) is 0 Å². The summed E-state index contributed by atoms with van der Waals surface area (Å²) in [6.45, 7) is 0. The minimum Gasteiger partial charge on any atom is -0.406 e. The number of nitrogens with two attached hydrogens (primary N) is 1. The molecular formula is C15H11Cl2F6NO.